The Morgan fingerprint density at radius 1 is 1.32 bits per heavy atom. The molecule has 5 heteroatoms. The molecule has 0 unspecified atom stereocenters. The van der Waals surface area contributed by atoms with Crippen LogP contribution in [0.4, 0.5) is 0 Å². The molecule has 2 aromatic heterocycles. The highest BCUT2D eigenvalue weighted by atomic mass is 16.5. The molecule has 0 saturated heterocycles. The maximum absolute atomic E-state index is 11.4. The average molecular weight is 255 g/mol. The predicted octanol–water partition coefficient (Wildman–Crippen LogP) is 2.65. The maximum Gasteiger partial charge on any atom is 0.354 e. The molecule has 96 valence electrons. The molecule has 0 radical (unpaired) electrons. The lowest BCUT2D eigenvalue weighted by atomic mass is 10.1. The minimum absolute atomic E-state index is 0.368. The lowest BCUT2D eigenvalue weighted by Crippen LogP contribution is -2.00. The Balaban J connectivity index is 2.08. The molecule has 0 amide bonds. The number of fused-ring (bicyclic) bond motifs is 1. The van der Waals surface area contributed by atoms with E-state index in [0.717, 1.165) is 27.7 Å². The highest BCUT2D eigenvalue weighted by Gasteiger charge is 2.10. The number of esters is 1. The molecule has 0 atom stereocenters. The number of benzene rings is 1. The summed E-state index contributed by atoms with van der Waals surface area (Å²) < 4.78 is 4.68. The van der Waals surface area contributed by atoms with Crippen molar-refractivity contribution in [1.82, 2.24) is 15.2 Å². The van der Waals surface area contributed by atoms with Crippen LogP contribution in [-0.4, -0.2) is 28.3 Å². The highest BCUT2D eigenvalue weighted by molar-refractivity contribution is 5.90. The maximum atomic E-state index is 11.4. The van der Waals surface area contributed by atoms with Gasteiger partial charge in [-0.05, 0) is 42.3 Å². The van der Waals surface area contributed by atoms with Gasteiger partial charge in [0.2, 0.25) is 0 Å². The van der Waals surface area contributed by atoms with Gasteiger partial charge in [0.25, 0.3) is 0 Å². The number of aromatic amines is 2. The van der Waals surface area contributed by atoms with Crippen LogP contribution >= 0.6 is 0 Å². The molecular weight excluding hydrogens is 242 g/mol. The molecule has 2 heterocycles. The summed E-state index contributed by atoms with van der Waals surface area (Å²) in [6, 6.07) is 7.66. The molecule has 2 N–H and O–H groups in total. The number of nitrogens with one attached hydrogen (secondary N) is 2. The van der Waals surface area contributed by atoms with E-state index >= 15 is 0 Å². The summed E-state index contributed by atoms with van der Waals surface area (Å²) in [6.45, 7) is 2.02. The van der Waals surface area contributed by atoms with Gasteiger partial charge >= 0.3 is 5.97 Å². The van der Waals surface area contributed by atoms with E-state index in [1.165, 1.54) is 7.11 Å². The van der Waals surface area contributed by atoms with Crippen molar-refractivity contribution in [3.8, 4) is 11.3 Å². The first-order valence-corrected chi connectivity index (χ1v) is 5.90. The average Bonchev–Trinajstić information content (AvgIpc) is 3.06. The van der Waals surface area contributed by atoms with Gasteiger partial charge in [-0.2, -0.15) is 5.10 Å². The minimum atomic E-state index is -0.368. The van der Waals surface area contributed by atoms with E-state index in [9.17, 15) is 4.79 Å². The second-order valence-corrected chi connectivity index (χ2v) is 4.40. The molecule has 0 aliphatic carbocycles. The Kier molecular flexibility index (Phi) is 2.59. The number of methoxy groups -OCH3 is 1. The number of nitrogens with zero attached hydrogens (tertiary/aromatic N) is 1. The number of hydrogen-bond donors (Lipinski definition) is 2. The lowest BCUT2D eigenvalue weighted by Gasteiger charge is -2.02. The fourth-order valence-electron chi connectivity index (χ4n) is 2.18. The molecule has 0 bridgehead atoms. The summed E-state index contributed by atoms with van der Waals surface area (Å²) in [7, 11) is 1.37. The monoisotopic (exact) mass is 255 g/mol. The normalized spacial score (nSPS) is 10.8. The zero-order valence-electron chi connectivity index (χ0n) is 10.7. The topological polar surface area (TPSA) is 70.8 Å². The third kappa shape index (κ3) is 1.89. The standard InChI is InChI=1S/C14H13N3O2/c1-8-5-9(6-10-7-15-17-13(8)10)11-3-4-12(16-11)14(18)19-2/h3-7,16H,1-2H3,(H,15,17). The van der Waals surface area contributed by atoms with E-state index in [4.69, 9.17) is 0 Å². The highest BCUT2D eigenvalue weighted by Crippen LogP contribution is 2.25. The van der Waals surface area contributed by atoms with Gasteiger partial charge in [0.1, 0.15) is 5.69 Å². The molecular formula is C14H13N3O2. The molecule has 0 fully saturated rings. The van der Waals surface area contributed by atoms with E-state index in [1.807, 2.05) is 25.1 Å². The number of ether oxygens (including phenoxy) is 1. The van der Waals surface area contributed by atoms with Crippen molar-refractivity contribution < 1.29 is 9.53 Å². The number of aromatic nitrogens is 3. The van der Waals surface area contributed by atoms with E-state index in [-0.39, 0.29) is 5.97 Å². The molecule has 0 saturated carbocycles. The van der Waals surface area contributed by atoms with Gasteiger partial charge in [0.05, 0.1) is 18.8 Å². The molecule has 3 aromatic rings. The fourth-order valence-corrected chi connectivity index (χ4v) is 2.18. The second-order valence-electron chi connectivity index (χ2n) is 4.40. The number of rotatable bonds is 2. The smallest absolute Gasteiger partial charge is 0.354 e. The Morgan fingerprint density at radius 2 is 2.16 bits per heavy atom. The van der Waals surface area contributed by atoms with Crippen LogP contribution in [0.25, 0.3) is 22.2 Å². The van der Waals surface area contributed by atoms with Crippen molar-refractivity contribution in [2.45, 2.75) is 6.92 Å². The summed E-state index contributed by atoms with van der Waals surface area (Å²) >= 11 is 0. The number of carbonyl (C=O) groups excluding carboxylic acids is 1. The van der Waals surface area contributed by atoms with E-state index in [0.29, 0.717) is 5.69 Å². The van der Waals surface area contributed by atoms with Crippen LogP contribution in [0.15, 0.2) is 30.5 Å². The summed E-state index contributed by atoms with van der Waals surface area (Å²) in [6.07, 6.45) is 1.79. The fraction of sp³-hybridized carbons (Fsp3) is 0.143. The quantitative estimate of drug-likeness (QED) is 0.691. The van der Waals surface area contributed by atoms with Crippen molar-refractivity contribution in [3.63, 3.8) is 0 Å². The Bertz CT molecular complexity index is 755. The van der Waals surface area contributed by atoms with Crippen LogP contribution in [0.1, 0.15) is 16.1 Å². The van der Waals surface area contributed by atoms with E-state index in [1.54, 1.807) is 12.3 Å². The molecule has 19 heavy (non-hydrogen) atoms. The van der Waals surface area contributed by atoms with Crippen LogP contribution in [0.5, 0.6) is 0 Å². The summed E-state index contributed by atoms with van der Waals surface area (Å²) in [5, 5.41) is 8.04. The first-order valence-electron chi connectivity index (χ1n) is 5.90. The Morgan fingerprint density at radius 3 is 2.95 bits per heavy atom. The van der Waals surface area contributed by atoms with Crippen molar-refractivity contribution >= 4 is 16.9 Å². The van der Waals surface area contributed by atoms with Crippen LogP contribution in [0.3, 0.4) is 0 Å². The van der Waals surface area contributed by atoms with Gasteiger partial charge in [-0.25, -0.2) is 4.79 Å². The van der Waals surface area contributed by atoms with Gasteiger partial charge in [-0.3, -0.25) is 5.10 Å². The largest absolute Gasteiger partial charge is 0.464 e. The number of aryl methyl sites for hydroxylation is 1. The second kappa shape index (κ2) is 4.28. The van der Waals surface area contributed by atoms with Crippen LogP contribution in [0, 0.1) is 6.92 Å². The molecule has 0 aliphatic heterocycles. The molecule has 0 aliphatic rings. The van der Waals surface area contributed by atoms with Crippen molar-refractivity contribution in [3.05, 3.63) is 41.7 Å². The van der Waals surface area contributed by atoms with Crippen molar-refractivity contribution in [1.29, 1.82) is 0 Å². The van der Waals surface area contributed by atoms with Gasteiger partial charge in [-0.1, -0.05) is 0 Å². The van der Waals surface area contributed by atoms with Gasteiger partial charge in [-0.15, -0.1) is 0 Å². The third-order valence-corrected chi connectivity index (χ3v) is 3.15. The lowest BCUT2D eigenvalue weighted by molar-refractivity contribution is 0.0595. The predicted molar refractivity (Wildman–Crippen MR) is 72.0 cm³/mol. The number of H-pyrrole nitrogens is 2. The summed E-state index contributed by atoms with van der Waals surface area (Å²) in [5.74, 6) is -0.368. The minimum Gasteiger partial charge on any atom is -0.464 e. The van der Waals surface area contributed by atoms with Gasteiger partial charge in [0, 0.05) is 11.1 Å². The molecule has 5 nitrogen and oxygen atoms in total. The Hall–Kier alpha value is -2.56. The van der Waals surface area contributed by atoms with E-state index < -0.39 is 0 Å². The van der Waals surface area contributed by atoms with Gasteiger partial charge in [0.15, 0.2) is 0 Å². The summed E-state index contributed by atoms with van der Waals surface area (Å²) in [4.78, 5) is 14.5. The third-order valence-electron chi connectivity index (χ3n) is 3.15. The number of carbonyl (C=O) groups is 1. The first-order chi connectivity index (χ1) is 9.19. The van der Waals surface area contributed by atoms with Crippen molar-refractivity contribution in [2.24, 2.45) is 0 Å². The molecule has 3 rings (SSSR count). The van der Waals surface area contributed by atoms with E-state index in [2.05, 4.69) is 19.9 Å². The zero-order valence-corrected chi connectivity index (χ0v) is 10.7. The van der Waals surface area contributed by atoms with Gasteiger partial charge < -0.3 is 9.72 Å². The SMILES string of the molecule is COC(=O)c1ccc(-c2cc(C)c3[nH]ncc3c2)[nH]1. The van der Waals surface area contributed by atoms with Crippen LogP contribution < -0.4 is 0 Å². The van der Waals surface area contributed by atoms with Crippen LogP contribution in [0.2, 0.25) is 0 Å². The molecule has 1 aromatic carbocycles. The zero-order chi connectivity index (χ0) is 13.4. The number of hydrogen-bond acceptors (Lipinski definition) is 3. The molecule has 0 spiro atoms. The van der Waals surface area contributed by atoms with Crippen molar-refractivity contribution in [2.75, 3.05) is 7.11 Å². The first kappa shape index (κ1) is 11.5. The Labute approximate surface area is 109 Å². The summed E-state index contributed by atoms with van der Waals surface area (Å²) in [5.41, 5.74) is 4.48. The van der Waals surface area contributed by atoms with Crippen LogP contribution in [-0.2, 0) is 4.74 Å².